The molecular weight excluding hydrogens is 733 g/mol. The molecule has 4 aromatic rings. The van der Waals surface area contributed by atoms with Gasteiger partial charge in [0.05, 0.1) is 28.5 Å². The van der Waals surface area contributed by atoms with Gasteiger partial charge in [0.15, 0.2) is 0 Å². The summed E-state index contributed by atoms with van der Waals surface area (Å²) in [6, 6.07) is 24.9. The van der Waals surface area contributed by atoms with Gasteiger partial charge in [-0.2, -0.15) is 0 Å². The normalized spacial score (nSPS) is 15.3. The Morgan fingerprint density at radius 3 is 1.12 bits per heavy atom. The van der Waals surface area contributed by atoms with Crippen LogP contribution in [-0.2, 0) is 49.8 Å². The van der Waals surface area contributed by atoms with E-state index in [0.29, 0.717) is 0 Å². The van der Waals surface area contributed by atoms with Gasteiger partial charge < -0.3 is 0 Å². The molecule has 0 saturated carbocycles. The molecule has 0 unspecified atom stereocenters. The van der Waals surface area contributed by atoms with Crippen molar-refractivity contribution in [3.8, 4) is 0 Å². The van der Waals surface area contributed by atoms with Crippen LogP contribution in [0.3, 0.4) is 0 Å². The fourth-order valence-corrected chi connectivity index (χ4v) is 5.06. The summed E-state index contributed by atoms with van der Waals surface area (Å²) in [5.74, 6) is 0. The number of aromatic nitrogens is 4. The van der Waals surface area contributed by atoms with Gasteiger partial charge in [0, 0.05) is 64.4 Å². The first-order valence-electron chi connectivity index (χ1n) is 14.9. The SMILES string of the molecule is [Cu+2].[O-][Cl+3]([O-])([O-])[O-].[O-][Cl+3]([O-])([O-])[O-].c1ccc(CN2CCCN(Cc3ccccn3)Cc3cccc(n3)CN(Cc3ccccn3)CCC2)nc1. The third-order valence-corrected chi connectivity index (χ3v) is 6.87. The van der Waals surface area contributed by atoms with Crippen LogP contribution in [-0.4, -0.2) is 60.8 Å². The largest absolute Gasteiger partial charge is 2.00 e. The monoisotopic (exact) mass is 768 g/mol. The van der Waals surface area contributed by atoms with Crippen molar-refractivity contribution >= 4 is 0 Å². The molecule has 18 heteroatoms. The zero-order chi connectivity index (χ0) is 34.8. The second kappa shape index (κ2) is 22.2. The van der Waals surface area contributed by atoms with E-state index in [2.05, 4.69) is 84.2 Å². The van der Waals surface area contributed by atoms with Crippen LogP contribution in [0.25, 0.3) is 0 Å². The maximum Gasteiger partial charge on any atom is 2.00 e. The Bertz CT molecular complexity index is 1350. The van der Waals surface area contributed by atoms with Crippen LogP contribution in [0, 0.1) is 20.5 Å². The van der Waals surface area contributed by atoms with Crippen molar-refractivity contribution in [2.75, 3.05) is 26.2 Å². The molecular formula is C31H37Cl2CuN7O8. The number of hydrogen-bond donors (Lipinski definition) is 0. The molecule has 5 rings (SSSR count). The van der Waals surface area contributed by atoms with Gasteiger partial charge in [-0.1, -0.05) is 24.3 Å². The molecule has 49 heavy (non-hydrogen) atoms. The van der Waals surface area contributed by atoms with Crippen molar-refractivity contribution in [2.45, 2.75) is 45.6 Å². The van der Waals surface area contributed by atoms with Gasteiger partial charge >= 0.3 is 17.1 Å². The topological polar surface area (TPSA) is 246 Å². The summed E-state index contributed by atoms with van der Waals surface area (Å²) in [6.45, 7) is 8.18. The summed E-state index contributed by atoms with van der Waals surface area (Å²) in [5.41, 5.74) is 5.54. The zero-order valence-corrected chi connectivity index (χ0v) is 28.8. The molecule has 15 nitrogen and oxygen atoms in total. The van der Waals surface area contributed by atoms with Crippen molar-refractivity contribution in [3.63, 3.8) is 0 Å². The van der Waals surface area contributed by atoms with E-state index in [1.807, 2.05) is 36.8 Å². The minimum Gasteiger partial charge on any atom is -0.297 e. The van der Waals surface area contributed by atoms with Crippen LogP contribution in [0.5, 0.6) is 0 Å². The molecule has 2 bridgehead atoms. The summed E-state index contributed by atoms with van der Waals surface area (Å²) in [4.78, 5) is 26.4. The maximum absolute atomic E-state index is 8.49. The number of pyridine rings is 4. The minimum absolute atomic E-state index is 0. The summed E-state index contributed by atoms with van der Waals surface area (Å²) in [6.07, 6.45) is 7.81. The molecule has 1 aliphatic heterocycles. The second-order valence-electron chi connectivity index (χ2n) is 10.7. The third kappa shape index (κ3) is 21.2. The standard InChI is InChI=1S/C31H37N7.2ClHO4.Cu/c1-4-15-32-27(10-1)22-36-18-8-20-37(23-28-11-2-5-16-33-28)25-30-13-7-14-31(35-30)26-38(21-9-19-36)24-29-12-3-6-17-34-29;2*2-1(3,4)5;/h1-7,10-17H,8-9,18-26H2;2*(H,2,3,4,5);/q;;;+2/p-2. The van der Waals surface area contributed by atoms with Crippen molar-refractivity contribution in [3.05, 3.63) is 120 Å². The van der Waals surface area contributed by atoms with E-state index in [4.69, 9.17) is 42.3 Å². The Labute approximate surface area is 300 Å². The molecule has 269 valence electrons. The van der Waals surface area contributed by atoms with Crippen molar-refractivity contribution < 1.29 is 74.8 Å². The molecule has 1 aliphatic rings. The van der Waals surface area contributed by atoms with Crippen LogP contribution in [0.15, 0.2) is 91.4 Å². The number of hydrogen-bond acceptors (Lipinski definition) is 15. The molecule has 0 aliphatic carbocycles. The van der Waals surface area contributed by atoms with E-state index in [-0.39, 0.29) is 17.1 Å². The van der Waals surface area contributed by atoms with Crippen molar-refractivity contribution in [1.82, 2.24) is 34.6 Å². The Kier molecular flexibility index (Phi) is 19.2. The number of rotatable bonds is 6. The Morgan fingerprint density at radius 2 is 0.796 bits per heavy atom. The fourth-order valence-electron chi connectivity index (χ4n) is 5.06. The number of nitrogens with zero attached hydrogens (tertiary/aromatic N) is 7. The van der Waals surface area contributed by atoms with Crippen molar-refractivity contribution in [1.29, 1.82) is 0 Å². The van der Waals surface area contributed by atoms with Crippen LogP contribution < -0.4 is 37.3 Å². The average molecular weight is 770 g/mol. The third-order valence-electron chi connectivity index (χ3n) is 6.87. The van der Waals surface area contributed by atoms with E-state index in [9.17, 15) is 0 Å². The first-order chi connectivity index (χ1) is 22.8. The Morgan fingerprint density at radius 1 is 0.469 bits per heavy atom. The van der Waals surface area contributed by atoms with Crippen LogP contribution >= 0.6 is 0 Å². The number of halogens is 2. The van der Waals surface area contributed by atoms with Gasteiger partial charge in [-0.15, -0.1) is 20.5 Å². The quantitative estimate of drug-likeness (QED) is 0.167. The molecule has 0 spiro atoms. The Balaban J connectivity index is 0.000000667. The Hall–Kier alpha value is -2.74. The summed E-state index contributed by atoms with van der Waals surface area (Å²) in [5, 5.41) is 0. The first kappa shape index (κ1) is 42.4. The smallest absolute Gasteiger partial charge is 0.297 e. The molecule has 1 radical (unpaired) electrons. The first-order valence-corrected chi connectivity index (χ1v) is 17.3. The molecule has 0 atom stereocenters. The van der Waals surface area contributed by atoms with Gasteiger partial charge in [0.2, 0.25) is 0 Å². The van der Waals surface area contributed by atoms with Gasteiger partial charge in [0.25, 0.3) is 0 Å². The molecule has 5 heterocycles. The van der Waals surface area contributed by atoms with Crippen LogP contribution in [0.1, 0.15) is 41.3 Å². The molecule has 0 amide bonds. The average Bonchev–Trinajstić information content (AvgIpc) is 3.01. The van der Waals surface area contributed by atoms with E-state index < -0.39 is 20.5 Å². The van der Waals surface area contributed by atoms with E-state index >= 15 is 0 Å². The summed E-state index contributed by atoms with van der Waals surface area (Å²) < 4.78 is 67.9. The van der Waals surface area contributed by atoms with Crippen LogP contribution in [0.4, 0.5) is 0 Å². The van der Waals surface area contributed by atoms with Gasteiger partial charge in [-0.25, -0.2) is 37.3 Å². The minimum atomic E-state index is -4.94. The van der Waals surface area contributed by atoms with E-state index in [1.54, 1.807) is 0 Å². The fraction of sp³-hybridized carbons (Fsp3) is 0.355. The molecule has 0 N–H and O–H groups in total. The molecule has 0 fully saturated rings. The molecule has 0 aromatic carbocycles. The van der Waals surface area contributed by atoms with E-state index in [1.165, 1.54) is 0 Å². The predicted molar refractivity (Wildman–Crippen MR) is 150 cm³/mol. The summed E-state index contributed by atoms with van der Waals surface area (Å²) in [7, 11) is -9.89. The van der Waals surface area contributed by atoms with Gasteiger partial charge in [-0.05, 0) is 74.5 Å². The molecule has 4 aromatic heterocycles. The van der Waals surface area contributed by atoms with E-state index in [0.717, 1.165) is 100 Å². The zero-order valence-electron chi connectivity index (χ0n) is 26.4. The second-order valence-corrected chi connectivity index (χ2v) is 12.3. The molecule has 0 saturated heterocycles. The van der Waals surface area contributed by atoms with Crippen LogP contribution in [0.2, 0.25) is 0 Å². The van der Waals surface area contributed by atoms with Crippen molar-refractivity contribution in [2.24, 2.45) is 0 Å². The maximum atomic E-state index is 8.49. The summed E-state index contributed by atoms with van der Waals surface area (Å²) >= 11 is 0. The van der Waals surface area contributed by atoms with Gasteiger partial charge in [0.1, 0.15) is 0 Å². The predicted octanol–water partition coefficient (Wildman–Crippen LogP) is -4.95. The number of fused-ring (bicyclic) bond motifs is 2. The van der Waals surface area contributed by atoms with Gasteiger partial charge in [-0.3, -0.25) is 34.6 Å².